The highest BCUT2D eigenvalue weighted by Crippen LogP contribution is 2.19. The number of likely N-dealkylation sites (N-methyl/N-ethyl adjacent to an activating group) is 1. The summed E-state index contributed by atoms with van der Waals surface area (Å²) in [4.78, 5) is 13.9. The fourth-order valence-electron chi connectivity index (χ4n) is 2.11. The van der Waals surface area contributed by atoms with E-state index in [9.17, 15) is 9.90 Å². The van der Waals surface area contributed by atoms with Crippen LogP contribution in [0, 0.1) is 0 Å². The quantitative estimate of drug-likeness (QED) is 0.778. The van der Waals surface area contributed by atoms with Gasteiger partial charge >= 0.3 is 0 Å². The SMILES string of the molecule is COCC(O)CN(C)CC(=O)c1cc2ccccc2o1. The second kappa shape index (κ2) is 6.65. The Morgan fingerprint density at radius 1 is 1.45 bits per heavy atom. The molecule has 0 spiro atoms. The smallest absolute Gasteiger partial charge is 0.211 e. The van der Waals surface area contributed by atoms with Gasteiger partial charge in [-0.1, -0.05) is 18.2 Å². The van der Waals surface area contributed by atoms with Gasteiger partial charge in [0, 0.05) is 19.0 Å². The van der Waals surface area contributed by atoms with Gasteiger partial charge in [-0.25, -0.2) is 0 Å². The molecule has 5 heteroatoms. The fourth-order valence-corrected chi connectivity index (χ4v) is 2.11. The number of nitrogens with zero attached hydrogens (tertiary/aromatic N) is 1. The number of para-hydroxylation sites is 1. The molecule has 0 aliphatic heterocycles. The van der Waals surface area contributed by atoms with Crippen LogP contribution in [0.5, 0.6) is 0 Å². The fraction of sp³-hybridized carbons (Fsp3) is 0.400. The number of ether oxygens (including phenoxy) is 1. The lowest BCUT2D eigenvalue weighted by Crippen LogP contribution is -2.35. The first-order chi connectivity index (χ1) is 9.60. The number of hydrogen-bond donors (Lipinski definition) is 1. The normalized spacial score (nSPS) is 13.0. The highest BCUT2D eigenvalue weighted by Gasteiger charge is 2.16. The summed E-state index contributed by atoms with van der Waals surface area (Å²) in [5.74, 6) is 0.243. The van der Waals surface area contributed by atoms with Crippen molar-refractivity contribution in [2.45, 2.75) is 6.10 Å². The van der Waals surface area contributed by atoms with Crippen molar-refractivity contribution >= 4 is 16.8 Å². The van der Waals surface area contributed by atoms with Gasteiger partial charge in [0.2, 0.25) is 5.78 Å². The molecule has 1 heterocycles. The van der Waals surface area contributed by atoms with Gasteiger partial charge in [-0.3, -0.25) is 9.69 Å². The third-order valence-electron chi connectivity index (χ3n) is 3.00. The van der Waals surface area contributed by atoms with Crippen LogP contribution in [-0.2, 0) is 4.74 Å². The monoisotopic (exact) mass is 277 g/mol. The van der Waals surface area contributed by atoms with Crippen LogP contribution < -0.4 is 0 Å². The van der Waals surface area contributed by atoms with E-state index in [1.807, 2.05) is 24.3 Å². The summed E-state index contributed by atoms with van der Waals surface area (Å²) in [6.45, 7) is 0.823. The summed E-state index contributed by atoms with van der Waals surface area (Å²) in [5.41, 5.74) is 0.706. The van der Waals surface area contributed by atoms with E-state index < -0.39 is 6.10 Å². The van der Waals surface area contributed by atoms with Gasteiger partial charge < -0.3 is 14.3 Å². The molecule has 0 amide bonds. The van der Waals surface area contributed by atoms with Gasteiger partial charge in [0.25, 0.3) is 0 Å². The molecule has 0 saturated heterocycles. The predicted octanol–water partition coefficient (Wildman–Crippen LogP) is 1.55. The Kier molecular flexibility index (Phi) is 4.89. The van der Waals surface area contributed by atoms with Crippen LogP contribution in [0.3, 0.4) is 0 Å². The van der Waals surface area contributed by atoms with Crippen molar-refractivity contribution in [2.24, 2.45) is 0 Å². The number of hydrogen-bond acceptors (Lipinski definition) is 5. The lowest BCUT2D eigenvalue weighted by atomic mass is 10.2. The zero-order valence-corrected chi connectivity index (χ0v) is 11.7. The van der Waals surface area contributed by atoms with Crippen molar-refractivity contribution in [3.63, 3.8) is 0 Å². The molecule has 0 aliphatic carbocycles. The summed E-state index contributed by atoms with van der Waals surface area (Å²) < 4.78 is 10.4. The van der Waals surface area contributed by atoms with Crippen LogP contribution in [0.4, 0.5) is 0 Å². The Morgan fingerprint density at radius 2 is 2.20 bits per heavy atom. The van der Waals surface area contributed by atoms with E-state index in [1.165, 1.54) is 7.11 Å². The molecule has 2 aromatic rings. The highest BCUT2D eigenvalue weighted by molar-refractivity contribution is 5.98. The Balaban J connectivity index is 1.97. The van der Waals surface area contributed by atoms with E-state index in [-0.39, 0.29) is 18.9 Å². The molecule has 108 valence electrons. The molecule has 2 rings (SSSR count). The zero-order chi connectivity index (χ0) is 14.5. The molecule has 1 N–H and O–H groups in total. The molecule has 1 aromatic heterocycles. The second-order valence-electron chi connectivity index (χ2n) is 4.88. The van der Waals surface area contributed by atoms with Crippen molar-refractivity contribution in [1.29, 1.82) is 0 Å². The molecule has 1 unspecified atom stereocenters. The summed E-state index contributed by atoms with van der Waals surface area (Å²) in [6.07, 6.45) is -0.603. The average Bonchev–Trinajstić information content (AvgIpc) is 2.82. The standard InChI is InChI=1S/C15H19NO4/c1-16(8-12(17)10-19-2)9-13(18)15-7-11-5-3-4-6-14(11)20-15/h3-7,12,17H,8-10H2,1-2H3. The van der Waals surface area contributed by atoms with Gasteiger partial charge in [0.15, 0.2) is 5.76 Å². The number of rotatable bonds is 7. The summed E-state index contributed by atoms with van der Waals surface area (Å²) in [5, 5.41) is 10.5. The average molecular weight is 277 g/mol. The van der Waals surface area contributed by atoms with Crippen LogP contribution in [-0.4, -0.2) is 55.7 Å². The van der Waals surface area contributed by atoms with Crippen LogP contribution in [0.25, 0.3) is 11.0 Å². The minimum Gasteiger partial charge on any atom is -0.453 e. The number of aliphatic hydroxyl groups is 1. The number of carbonyl (C=O) groups excluding carboxylic acids is 1. The van der Waals surface area contributed by atoms with Crippen LogP contribution >= 0.6 is 0 Å². The lowest BCUT2D eigenvalue weighted by Gasteiger charge is -2.18. The van der Waals surface area contributed by atoms with E-state index >= 15 is 0 Å². The van der Waals surface area contributed by atoms with Gasteiger partial charge in [0.1, 0.15) is 5.58 Å². The maximum atomic E-state index is 12.1. The number of benzene rings is 1. The first-order valence-electron chi connectivity index (χ1n) is 6.47. The van der Waals surface area contributed by atoms with Crippen LogP contribution in [0.15, 0.2) is 34.7 Å². The first-order valence-corrected chi connectivity index (χ1v) is 6.47. The minimum absolute atomic E-state index is 0.103. The summed E-state index contributed by atoms with van der Waals surface area (Å²) in [6, 6.07) is 9.25. The largest absolute Gasteiger partial charge is 0.453 e. The maximum absolute atomic E-state index is 12.1. The molecule has 5 nitrogen and oxygen atoms in total. The molecule has 1 atom stereocenters. The summed E-state index contributed by atoms with van der Waals surface area (Å²) in [7, 11) is 3.31. The zero-order valence-electron chi connectivity index (χ0n) is 11.7. The molecule has 0 saturated carbocycles. The third kappa shape index (κ3) is 3.66. The lowest BCUT2D eigenvalue weighted by molar-refractivity contribution is 0.0425. The van der Waals surface area contributed by atoms with E-state index in [0.717, 1.165) is 5.39 Å². The van der Waals surface area contributed by atoms with Crippen molar-refractivity contribution in [3.8, 4) is 0 Å². The molecule has 0 fully saturated rings. The summed E-state index contributed by atoms with van der Waals surface area (Å²) >= 11 is 0. The molecule has 1 aromatic carbocycles. The number of furan rings is 1. The maximum Gasteiger partial charge on any atom is 0.211 e. The van der Waals surface area contributed by atoms with E-state index in [0.29, 0.717) is 17.9 Å². The van der Waals surface area contributed by atoms with E-state index in [1.54, 1.807) is 18.0 Å². The molecular formula is C15H19NO4. The number of Topliss-reactive ketones (excluding diaryl/α,β-unsaturated/α-hetero) is 1. The predicted molar refractivity (Wildman–Crippen MR) is 75.9 cm³/mol. The third-order valence-corrected chi connectivity index (χ3v) is 3.00. The Morgan fingerprint density at radius 3 is 2.90 bits per heavy atom. The van der Waals surface area contributed by atoms with Gasteiger partial charge in [-0.05, 0) is 19.2 Å². The molecule has 20 heavy (non-hydrogen) atoms. The van der Waals surface area contributed by atoms with Crippen molar-refractivity contribution < 1.29 is 19.1 Å². The second-order valence-corrected chi connectivity index (χ2v) is 4.88. The van der Waals surface area contributed by atoms with Crippen LogP contribution in [0.2, 0.25) is 0 Å². The Labute approximate surface area is 117 Å². The highest BCUT2D eigenvalue weighted by atomic mass is 16.5. The van der Waals surface area contributed by atoms with Crippen molar-refractivity contribution in [1.82, 2.24) is 4.90 Å². The topological polar surface area (TPSA) is 62.9 Å². The Bertz CT molecular complexity index is 545. The number of methoxy groups -OCH3 is 1. The number of fused-ring (bicyclic) bond motifs is 1. The molecule has 0 aliphatic rings. The molecular weight excluding hydrogens is 258 g/mol. The number of aliphatic hydroxyl groups excluding tert-OH is 1. The van der Waals surface area contributed by atoms with Gasteiger partial charge in [-0.2, -0.15) is 0 Å². The number of ketones is 1. The van der Waals surface area contributed by atoms with Gasteiger partial charge in [0.05, 0.1) is 19.3 Å². The Hall–Kier alpha value is -1.69. The van der Waals surface area contributed by atoms with Crippen molar-refractivity contribution in [2.75, 3.05) is 33.9 Å². The molecule has 0 bridgehead atoms. The number of carbonyl (C=O) groups is 1. The minimum atomic E-state index is -0.603. The van der Waals surface area contributed by atoms with E-state index in [2.05, 4.69) is 0 Å². The van der Waals surface area contributed by atoms with Crippen molar-refractivity contribution in [3.05, 3.63) is 36.1 Å². The first kappa shape index (κ1) is 14.7. The molecule has 0 radical (unpaired) electrons. The van der Waals surface area contributed by atoms with Gasteiger partial charge in [-0.15, -0.1) is 0 Å². The van der Waals surface area contributed by atoms with E-state index in [4.69, 9.17) is 9.15 Å². The van der Waals surface area contributed by atoms with Crippen LogP contribution in [0.1, 0.15) is 10.6 Å².